The Labute approximate surface area is 161 Å². The Kier molecular flexibility index (Phi) is 4.24. The third-order valence-corrected chi connectivity index (χ3v) is 11.3. The summed E-state index contributed by atoms with van der Waals surface area (Å²) in [5.41, 5.74) is 5.25. The molecular formula is C22H27NOSSi. The van der Waals surface area contributed by atoms with Gasteiger partial charge in [-0.15, -0.1) is 11.8 Å². The van der Waals surface area contributed by atoms with Crippen molar-refractivity contribution in [1.82, 2.24) is 4.98 Å². The van der Waals surface area contributed by atoms with Crippen LogP contribution in [0.2, 0.25) is 18.1 Å². The molecule has 2 aromatic carbocycles. The lowest BCUT2D eigenvalue weighted by Crippen LogP contribution is -2.43. The number of aromatic amines is 1. The summed E-state index contributed by atoms with van der Waals surface area (Å²) in [6.07, 6.45) is 1.08. The largest absolute Gasteiger partial charge is 0.543 e. The van der Waals surface area contributed by atoms with Gasteiger partial charge in [-0.1, -0.05) is 39.0 Å². The van der Waals surface area contributed by atoms with Gasteiger partial charge >= 0.3 is 0 Å². The summed E-state index contributed by atoms with van der Waals surface area (Å²) in [6.45, 7) is 11.5. The minimum absolute atomic E-state index is 0.201. The highest BCUT2D eigenvalue weighted by atomic mass is 32.2. The minimum Gasteiger partial charge on any atom is -0.543 e. The molecule has 2 heterocycles. The van der Waals surface area contributed by atoms with E-state index in [0.717, 1.165) is 17.9 Å². The van der Waals surface area contributed by atoms with Crippen molar-refractivity contribution in [3.05, 3.63) is 48.0 Å². The van der Waals surface area contributed by atoms with Gasteiger partial charge in [0.1, 0.15) is 5.75 Å². The van der Waals surface area contributed by atoms with E-state index in [-0.39, 0.29) is 5.04 Å². The fourth-order valence-corrected chi connectivity index (χ4v) is 5.34. The molecule has 1 N–H and O–H groups in total. The van der Waals surface area contributed by atoms with Crippen LogP contribution in [-0.4, -0.2) is 19.1 Å². The van der Waals surface area contributed by atoms with Gasteiger partial charge in [-0.05, 0) is 54.4 Å². The van der Waals surface area contributed by atoms with Gasteiger partial charge in [-0.25, -0.2) is 0 Å². The van der Waals surface area contributed by atoms with Crippen LogP contribution in [0.15, 0.2) is 47.4 Å². The molecule has 0 atom stereocenters. The molecule has 4 rings (SSSR count). The zero-order valence-electron chi connectivity index (χ0n) is 16.3. The van der Waals surface area contributed by atoms with Crippen molar-refractivity contribution < 1.29 is 4.43 Å². The van der Waals surface area contributed by atoms with E-state index >= 15 is 0 Å². The predicted octanol–water partition coefficient (Wildman–Crippen LogP) is 6.87. The van der Waals surface area contributed by atoms with E-state index in [4.69, 9.17) is 4.43 Å². The van der Waals surface area contributed by atoms with Gasteiger partial charge in [0.15, 0.2) is 0 Å². The van der Waals surface area contributed by atoms with Gasteiger partial charge in [0.2, 0.25) is 8.32 Å². The number of fused-ring (bicyclic) bond motifs is 5. The summed E-state index contributed by atoms with van der Waals surface area (Å²) in [4.78, 5) is 5.05. The number of thioether (sulfide) groups is 1. The van der Waals surface area contributed by atoms with Crippen molar-refractivity contribution >= 4 is 31.0 Å². The van der Waals surface area contributed by atoms with Crippen molar-refractivity contribution in [2.75, 3.05) is 5.75 Å². The number of aromatic nitrogens is 1. The maximum atomic E-state index is 6.56. The second kappa shape index (κ2) is 6.21. The Morgan fingerprint density at radius 1 is 1.08 bits per heavy atom. The molecule has 2 nitrogen and oxygen atoms in total. The molecule has 0 saturated carbocycles. The Bertz CT molecular complexity index is 968. The van der Waals surface area contributed by atoms with Crippen molar-refractivity contribution in [3.63, 3.8) is 0 Å². The van der Waals surface area contributed by atoms with E-state index in [1.54, 1.807) is 0 Å². The normalized spacial score (nSPS) is 14.7. The first-order valence-corrected chi connectivity index (χ1v) is 13.2. The Balaban J connectivity index is 1.81. The summed E-state index contributed by atoms with van der Waals surface area (Å²) in [7, 11) is -1.83. The van der Waals surface area contributed by atoms with E-state index in [1.165, 1.54) is 32.6 Å². The van der Waals surface area contributed by atoms with E-state index < -0.39 is 8.32 Å². The van der Waals surface area contributed by atoms with E-state index in [2.05, 4.69) is 81.3 Å². The van der Waals surface area contributed by atoms with Crippen LogP contribution in [-0.2, 0) is 6.42 Å². The van der Waals surface area contributed by atoms with Crippen molar-refractivity contribution in [3.8, 4) is 17.0 Å². The maximum Gasteiger partial charge on any atom is 0.250 e. The molecule has 1 aliphatic rings. The van der Waals surface area contributed by atoms with Crippen molar-refractivity contribution in [1.29, 1.82) is 0 Å². The zero-order chi connectivity index (χ0) is 18.5. The molecular weight excluding hydrogens is 354 g/mol. The number of H-pyrrole nitrogens is 1. The Morgan fingerprint density at radius 2 is 1.85 bits per heavy atom. The van der Waals surface area contributed by atoms with Crippen LogP contribution >= 0.6 is 11.8 Å². The first-order valence-electron chi connectivity index (χ1n) is 9.32. The smallest absolute Gasteiger partial charge is 0.250 e. The average Bonchev–Trinajstić information content (AvgIpc) is 2.81. The second-order valence-electron chi connectivity index (χ2n) is 8.64. The quantitative estimate of drug-likeness (QED) is 0.490. The lowest BCUT2D eigenvalue weighted by molar-refractivity contribution is 0.493. The summed E-state index contributed by atoms with van der Waals surface area (Å²) < 4.78 is 6.56. The lowest BCUT2D eigenvalue weighted by Gasteiger charge is -2.36. The zero-order valence-corrected chi connectivity index (χ0v) is 18.1. The SMILES string of the molecule is CC(C)(C)[Si](C)(C)Oc1ccc2[nH]c3c(c2c1)CCSc1ccccc1-3. The summed E-state index contributed by atoms with van der Waals surface area (Å²) in [5.74, 6) is 2.13. The topological polar surface area (TPSA) is 25.0 Å². The number of rotatable bonds is 2. The highest BCUT2D eigenvalue weighted by Crippen LogP contribution is 2.42. The van der Waals surface area contributed by atoms with Gasteiger partial charge in [-0.3, -0.25) is 0 Å². The van der Waals surface area contributed by atoms with Crippen LogP contribution < -0.4 is 4.43 Å². The monoisotopic (exact) mass is 381 g/mol. The maximum absolute atomic E-state index is 6.56. The number of hydrogen-bond donors (Lipinski definition) is 1. The molecule has 0 amide bonds. The molecule has 0 unspecified atom stereocenters. The van der Waals surface area contributed by atoms with Crippen molar-refractivity contribution in [2.45, 2.75) is 50.2 Å². The third-order valence-electron chi connectivity index (χ3n) is 5.82. The minimum atomic E-state index is -1.83. The molecule has 1 aliphatic heterocycles. The first-order chi connectivity index (χ1) is 12.3. The molecule has 0 aliphatic carbocycles. The highest BCUT2D eigenvalue weighted by molar-refractivity contribution is 7.99. The van der Waals surface area contributed by atoms with Gasteiger partial charge in [-0.2, -0.15) is 0 Å². The summed E-state index contributed by atoms with van der Waals surface area (Å²) in [5, 5.41) is 1.51. The highest BCUT2D eigenvalue weighted by Gasteiger charge is 2.39. The lowest BCUT2D eigenvalue weighted by atomic mass is 10.0. The molecule has 1 aromatic heterocycles. The standard InChI is InChI=1S/C22H27NOSSi/c1-22(2,3)26(4,5)24-15-10-11-19-18(14-15)16-12-13-25-20-9-7-6-8-17(20)21(16)23-19/h6-11,14,23H,12-13H2,1-5H3. The van der Waals surface area contributed by atoms with Crippen LogP contribution in [0.4, 0.5) is 0 Å². The number of aryl methyl sites for hydroxylation is 1. The average molecular weight is 382 g/mol. The number of benzene rings is 2. The van der Waals surface area contributed by atoms with Crippen LogP contribution in [0.3, 0.4) is 0 Å². The Hall–Kier alpha value is -1.65. The van der Waals surface area contributed by atoms with Gasteiger partial charge in [0.05, 0.1) is 5.69 Å². The molecule has 0 spiro atoms. The second-order valence-corrected chi connectivity index (χ2v) is 14.5. The fourth-order valence-electron chi connectivity index (χ4n) is 3.29. The molecule has 0 radical (unpaired) electrons. The van der Waals surface area contributed by atoms with Crippen LogP contribution in [0, 0.1) is 0 Å². The van der Waals surface area contributed by atoms with Crippen LogP contribution in [0.1, 0.15) is 26.3 Å². The van der Waals surface area contributed by atoms with Gasteiger partial charge in [0, 0.05) is 27.1 Å². The van der Waals surface area contributed by atoms with Crippen LogP contribution in [0.25, 0.3) is 22.2 Å². The van der Waals surface area contributed by atoms with E-state index in [0.29, 0.717) is 0 Å². The first kappa shape index (κ1) is 17.7. The van der Waals surface area contributed by atoms with Crippen LogP contribution in [0.5, 0.6) is 5.75 Å². The molecule has 0 fully saturated rings. The van der Waals surface area contributed by atoms with Crippen molar-refractivity contribution in [2.24, 2.45) is 0 Å². The summed E-state index contributed by atoms with van der Waals surface area (Å²) in [6, 6.07) is 15.3. The Morgan fingerprint density at radius 3 is 2.62 bits per heavy atom. The molecule has 0 bridgehead atoms. The van der Waals surface area contributed by atoms with Gasteiger partial charge in [0.25, 0.3) is 0 Å². The van der Waals surface area contributed by atoms with E-state index in [9.17, 15) is 0 Å². The molecule has 3 aromatic rings. The molecule has 136 valence electrons. The van der Waals surface area contributed by atoms with Gasteiger partial charge < -0.3 is 9.41 Å². The number of hydrogen-bond acceptors (Lipinski definition) is 2. The predicted molar refractivity (Wildman–Crippen MR) is 116 cm³/mol. The summed E-state index contributed by atoms with van der Waals surface area (Å²) >= 11 is 1.95. The molecule has 0 saturated heterocycles. The molecule has 26 heavy (non-hydrogen) atoms. The van der Waals surface area contributed by atoms with E-state index in [1.807, 2.05) is 11.8 Å². The fraction of sp³-hybridized carbons (Fsp3) is 0.364. The third kappa shape index (κ3) is 2.99. The molecule has 4 heteroatoms. The number of nitrogens with one attached hydrogen (secondary N) is 1.